The van der Waals surface area contributed by atoms with Crippen molar-refractivity contribution in [2.75, 3.05) is 11.9 Å². The van der Waals surface area contributed by atoms with Crippen molar-refractivity contribution in [1.29, 1.82) is 0 Å². The van der Waals surface area contributed by atoms with Crippen molar-refractivity contribution in [1.82, 2.24) is 4.98 Å². The predicted octanol–water partition coefficient (Wildman–Crippen LogP) is 1.04. The first kappa shape index (κ1) is 23.8. The predicted molar refractivity (Wildman–Crippen MR) is 117 cm³/mol. The van der Waals surface area contributed by atoms with Gasteiger partial charge in [0.2, 0.25) is 12.2 Å². The van der Waals surface area contributed by atoms with E-state index in [1.54, 1.807) is 42.6 Å². The number of benzene rings is 1. The lowest BCUT2D eigenvalue weighted by Crippen LogP contribution is -2.60. The lowest BCUT2D eigenvalue weighted by Gasteiger charge is -2.39. The third kappa shape index (κ3) is 5.90. The molecule has 3 unspecified atom stereocenters. The van der Waals surface area contributed by atoms with E-state index < -0.39 is 37.3 Å². The number of anilines is 1. The van der Waals surface area contributed by atoms with E-state index in [1.807, 2.05) is 19.9 Å². The normalized spacial score (nSPS) is 25.8. The lowest BCUT2D eigenvalue weighted by molar-refractivity contribution is -0.277. The second-order valence-corrected chi connectivity index (χ2v) is 7.83. The molecular formula is C23H28N2O7. The van der Waals surface area contributed by atoms with Crippen LogP contribution in [0.5, 0.6) is 5.75 Å². The zero-order valence-electron chi connectivity index (χ0n) is 17.8. The lowest BCUT2D eigenvalue weighted by atomic mass is 9.99. The maximum absolute atomic E-state index is 12.1. The van der Waals surface area contributed by atoms with E-state index in [1.165, 1.54) is 6.08 Å². The summed E-state index contributed by atoms with van der Waals surface area (Å²) in [7, 11) is 0. The van der Waals surface area contributed by atoms with Crippen LogP contribution in [0.25, 0.3) is 6.08 Å². The molecule has 1 aliphatic heterocycles. The molecule has 0 bridgehead atoms. The van der Waals surface area contributed by atoms with Gasteiger partial charge in [-0.3, -0.25) is 9.78 Å². The number of carbonyl (C=O) groups excluding carboxylic acids is 1. The van der Waals surface area contributed by atoms with Crippen LogP contribution in [-0.4, -0.2) is 68.6 Å². The van der Waals surface area contributed by atoms with Crippen LogP contribution in [0.15, 0.2) is 48.7 Å². The highest BCUT2D eigenvalue weighted by Crippen LogP contribution is 2.24. The van der Waals surface area contributed by atoms with Crippen LogP contribution < -0.4 is 10.1 Å². The average molecular weight is 444 g/mol. The zero-order valence-corrected chi connectivity index (χ0v) is 17.8. The van der Waals surface area contributed by atoms with Gasteiger partial charge in [0, 0.05) is 11.8 Å². The molecule has 5 atom stereocenters. The van der Waals surface area contributed by atoms with Gasteiger partial charge >= 0.3 is 0 Å². The molecule has 1 fully saturated rings. The van der Waals surface area contributed by atoms with Crippen molar-refractivity contribution in [2.24, 2.45) is 0 Å². The third-order valence-corrected chi connectivity index (χ3v) is 5.05. The first-order chi connectivity index (χ1) is 15.3. The Labute approximate surface area is 186 Å². The van der Waals surface area contributed by atoms with Crippen LogP contribution in [0, 0.1) is 0 Å². The molecule has 1 aliphatic rings. The minimum atomic E-state index is -1.51. The van der Waals surface area contributed by atoms with Gasteiger partial charge in [0.1, 0.15) is 30.2 Å². The number of amides is 1. The van der Waals surface area contributed by atoms with E-state index in [2.05, 4.69) is 10.3 Å². The molecule has 3 rings (SSSR count). The minimum Gasteiger partial charge on any atom is -0.462 e. The van der Waals surface area contributed by atoms with Crippen molar-refractivity contribution in [3.05, 3.63) is 59.9 Å². The van der Waals surface area contributed by atoms with E-state index in [0.717, 1.165) is 11.3 Å². The maximum atomic E-state index is 12.1. The number of aromatic nitrogens is 1. The Morgan fingerprint density at radius 1 is 1.12 bits per heavy atom. The highest BCUT2D eigenvalue weighted by Gasteiger charge is 2.44. The Hall–Kier alpha value is -2.82. The van der Waals surface area contributed by atoms with Crippen LogP contribution in [0.4, 0.5) is 5.69 Å². The number of nitrogens with one attached hydrogen (secondary N) is 1. The molecule has 0 saturated carbocycles. The van der Waals surface area contributed by atoms with E-state index in [4.69, 9.17) is 9.47 Å². The number of hydrogen-bond donors (Lipinski definition) is 5. The van der Waals surface area contributed by atoms with E-state index in [9.17, 15) is 25.2 Å². The second kappa shape index (κ2) is 10.7. The monoisotopic (exact) mass is 444 g/mol. The van der Waals surface area contributed by atoms with Crippen LogP contribution in [-0.2, 0) is 9.53 Å². The molecular weight excluding hydrogens is 416 g/mol. The molecule has 5 N–H and O–H groups in total. The first-order valence-electron chi connectivity index (χ1n) is 10.3. The van der Waals surface area contributed by atoms with Crippen molar-refractivity contribution < 1.29 is 34.7 Å². The smallest absolute Gasteiger partial charge is 0.248 e. The molecule has 0 aliphatic carbocycles. The number of nitrogens with zero attached hydrogens (tertiary/aromatic N) is 1. The Kier molecular flexibility index (Phi) is 7.94. The fourth-order valence-corrected chi connectivity index (χ4v) is 3.13. The fourth-order valence-electron chi connectivity index (χ4n) is 3.13. The van der Waals surface area contributed by atoms with Gasteiger partial charge in [0.25, 0.3) is 0 Å². The van der Waals surface area contributed by atoms with Crippen LogP contribution in [0.3, 0.4) is 0 Å². The number of carbonyl (C=O) groups is 1. The summed E-state index contributed by atoms with van der Waals surface area (Å²) in [6, 6.07) is 10.3. The molecule has 0 radical (unpaired) electrons. The molecule has 2 aromatic rings. The fraction of sp³-hybridized carbons (Fsp3) is 0.391. The number of hydrogen-bond acceptors (Lipinski definition) is 8. The van der Waals surface area contributed by atoms with Crippen molar-refractivity contribution >= 4 is 17.7 Å². The molecule has 9 heteroatoms. The van der Waals surface area contributed by atoms with Crippen molar-refractivity contribution in [3.63, 3.8) is 0 Å². The van der Waals surface area contributed by atoms with Gasteiger partial charge in [-0.25, -0.2) is 0 Å². The Morgan fingerprint density at radius 3 is 2.44 bits per heavy atom. The van der Waals surface area contributed by atoms with Gasteiger partial charge in [-0.1, -0.05) is 26.0 Å². The number of aliphatic hydroxyl groups excluding tert-OH is 4. The van der Waals surface area contributed by atoms with Crippen LogP contribution in [0.1, 0.15) is 31.0 Å². The molecule has 1 aromatic carbocycles. The summed E-state index contributed by atoms with van der Waals surface area (Å²) < 4.78 is 10.9. The number of aliphatic hydroxyl groups is 4. The highest BCUT2D eigenvalue weighted by atomic mass is 16.7. The van der Waals surface area contributed by atoms with Gasteiger partial charge < -0.3 is 35.2 Å². The molecule has 1 saturated heterocycles. The van der Waals surface area contributed by atoms with Gasteiger partial charge in [0.05, 0.1) is 18.5 Å². The summed E-state index contributed by atoms with van der Waals surface area (Å²) in [4.78, 5) is 16.4. The summed E-state index contributed by atoms with van der Waals surface area (Å²) >= 11 is 0. The topological polar surface area (TPSA) is 141 Å². The van der Waals surface area contributed by atoms with E-state index in [0.29, 0.717) is 17.4 Å². The van der Waals surface area contributed by atoms with Crippen LogP contribution in [0.2, 0.25) is 0 Å². The van der Waals surface area contributed by atoms with Gasteiger partial charge in [0.15, 0.2) is 0 Å². The number of ether oxygens (including phenoxy) is 2. The minimum absolute atomic E-state index is 0.300. The third-order valence-electron chi connectivity index (χ3n) is 5.05. The number of pyridine rings is 1. The second-order valence-electron chi connectivity index (χ2n) is 7.83. The molecule has 9 nitrogen and oxygen atoms in total. The summed E-state index contributed by atoms with van der Waals surface area (Å²) in [6.45, 7) is 3.56. The quantitative estimate of drug-likeness (QED) is 0.399. The van der Waals surface area contributed by atoms with Crippen molar-refractivity contribution in [3.8, 4) is 5.75 Å². The largest absolute Gasteiger partial charge is 0.462 e. The Bertz CT molecular complexity index is 913. The van der Waals surface area contributed by atoms with Crippen LogP contribution >= 0.6 is 0 Å². The number of rotatable bonds is 7. The molecule has 1 amide bonds. The highest BCUT2D eigenvalue weighted by molar-refractivity contribution is 6.01. The maximum Gasteiger partial charge on any atom is 0.248 e. The van der Waals surface area contributed by atoms with Crippen molar-refractivity contribution in [2.45, 2.75) is 50.5 Å². The molecule has 172 valence electrons. The molecule has 32 heavy (non-hydrogen) atoms. The Balaban J connectivity index is 1.56. The van der Waals surface area contributed by atoms with Gasteiger partial charge in [-0.05, 0) is 41.8 Å². The molecule has 0 spiro atoms. The Morgan fingerprint density at radius 2 is 1.84 bits per heavy atom. The molecule has 2 heterocycles. The zero-order chi connectivity index (χ0) is 23.3. The van der Waals surface area contributed by atoms with E-state index in [-0.39, 0.29) is 5.91 Å². The SMILES string of the molecule is CC(C)c1ccc(NC(=O)/C=C/c2ccc(O[C@@H]3OC(CO)[C@H](O)C(O)C3O)cc2)cn1. The van der Waals surface area contributed by atoms with Gasteiger partial charge in [-0.2, -0.15) is 0 Å². The standard InChI is InChI=1S/C23H28N2O7/c1-13(2)17-9-6-15(11-24-17)25-19(27)10-5-14-3-7-16(8-4-14)31-23-22(30)21(29)20(28)18(12-26)32-23/h3-11,13,18,20-23,26,28-30H,12H2,1-2H3,(H,25,27)/b10-5+/t18?,20-,21?,22?,23+/m0/s1. The summed E-state index contributed by atoms with van der Waals surface area (Å²) in [5, 5.41) is 41.7. The summed E-state index contributed by atoms with van der Waals surface area (Å²) in [5.74, 6) is 0.352. The van der Waals surface area contributed by atoms with Gasteiger partial charge in [-0.15, -0.1) is 0 Å². The molecule has 1 aromatic heterocycles. The van der Waals surface area contributed by atoms with E-state index >= 15 is 0 Å². The summed E-state index contributed by atoms with van der Waals surface area (Å²) in [6.07, 6.45) is -2.11. The average Bonchev–Trinajstić information content (AvgIpc) is 2.79. The summed E-state index contributed by atoms with van der Waals surface area (Å²) in [5.41, 5.74) is 2.28. The first-order valence-corrected chi connectivity index (χ1v) is 10.3.